The van der Waals surface area contributed by atoms with Gasteiger partial charge in [-0.25, -0.2) is 0 Å². The summed E-state index contributed by atoms with van der Waals surface area (Å²) in [5.41, 5.74) is 5.11. The Morgan fingerprint density at radius 1 is 1.33 bits per heavy atom. The molecule has 4 heteroatoms. The Balaban J connectivity index is 0.00000121. The summed E-state index contributed by atoms with van der Waals surface area (Å²) in [5, 5.41) is 0. The van der Waals surface area contributed by atoms with Crippen LogP contribution in [0.1, 0.15) is 32.1 Å². The average Bonchev–Trinajstić information content (AvgIpc) is 2.06. The molecule has 0 aromatic heterocycles. The van der Waals surface area contributed by atoms with Crippen LogP contribution in [-0.2, 0) is 9.53 Å². The van der Waals surface area contributed by atoms with Crippen LogP contribution in [0.5, 0.6) is 0 Å². The van der Waals surface area contributed by atoms with E-state index in [9.17, 15) is 4.79 Å². The molecular formula is C8H15NNaO2. The number of carbonyl (C=O) groups excluding carboxylic acids is 1. The molecule has 1 aliphatic rings. The van der Waals surface area contributed by atoms with Crippen LogP contribution in [0, 0.1) is 0 Å². The summed E-state index contributed by atoms with van der Waals surface area (Å²) in [6.07, 6.45) is 5.83. The van der Waals surface area contributed by atoms with Crippen molar-refractivity contribution in [2.45, 2.75) is 38.2 Å². The van der Waals surface area contributed by atoms with Gasteiger partial charge < -0.3 is 10.5 Å². The van der Waals surface area contributed by atoms with Crippen molar-refractivity contribution in [2.24, 2.45) is 5.73 Å². The quantitative estimate of drug-likeness (QED) is 0.495. The van der Waals surface area contributed by atoms with Gasteiger partial charge in [0.2, 0.25) is 0 Å². The number of carbonyl (C=O) groups is 1. The molecule has 0 atom stereocenters. The molecule has 0 heterocycles. The molecule has 65 valence electrons. The van der Waals surface area contributed by atoms with E-state index in [-0.39, 0.29) is 48.2 Å². The van der Waals surface area contributed by atoms with Gasteiger partial charge in [0, 0.05) is 29.6 Å². The van der Waals surface area contributed by atoms with Crippen LogP contribution in [0.15, 0.2) is 0 Å². The van der Waals surface area contributed by atoms with Gasteiger partial charge >= 0.3 is 5.97 Å². The first-order chi connectivity index (χ1) is 5.33. The standard InChI is InChI=1S/C8H15NO2.Na/c9-6-8(10)11-7-4-2-1-3-5-7;/h7H,1-6,9H2;. The predicted octanol–water partition coefficient (Wildman–Crippen LogP) is 0.440. The second-order valence-electron chi connectivity index (χ2n) is 2.95. The van der Waals surface area contributed by atoms with Crippen LogP contribution in [0.4, 0.5) is 0 Å². The third-order valence-electron chi connectivity index (χ3n) is 2.02. The molecule has 1 rings (SSSR count). The Morgan fingerprint density at radius 2 is 1.92 bits per heavy atom. The third kappa shape index (κ3) is 4.45. The van der Waals surface area contributed by atoms with E-state index < -0.39 is 0 Å². The van der Waals surface area contributed by atoms with Gasteiger partial charge in [0.25, 0.3) is 0 Å². The minimum atomic E-state index is -0.267. The number of hydrogen-bond acceptors (Lipinski definition) is 3. The maximum absolute atomic E-state index is 10.7. The largest absolute Gasteiger partial charge is 0.461 e. The summed E-state index contributed by atoms with van der Waals surface area (Å²) in [5.74, 6) is -0.267. The fourth-order valence-electron chi connectivity index (χ4n) is 1.42. The van der Waals surface area contributed by atoms with Crippen LogP contribution in [0.2, 0.25) is 0 Å². The Bertz CT molecular complexity index is 135. The monoisotopic (exact) mass is 180 g/mol. The maximum atomic E-state index is 10.7. The zero-order chi connectivity index (χ0) is 8.10. The van der Waals surface area contributed by atoms with E-state index >= 15 is 0 Å². The van der Waals surface area contributed by atoms with Crippen molar-refractivity contribution in [3.63, 3.8) is 0 Å². The van der Waals surface area contributed by atoms with E-state index in [4.69, 9.17) is 10.5 Å². The van der Waals surface area contributed by atoms with Crippen LogP contribution >= 0.6 is 0 Å². The number of esters is 1. The minimum absolute atomic E-state index is 0. The Morgan fingerprint density at radius 3 is 2.42 bits per heavy atom. The summed E-state index contributed by atoms with van der Waals surface area (Å²) in [4.78, 5) is 10.7. The Hall–Kier alpha value is 0.430. The van der Waals surface area contributed by atoms with Gasteiger partial charge in [-0.2, -0.15) is 0 Å². The van der Waals surface area contributed by atoms with Crippen LogP contribution < -0.4 is 5.73 Å². The van der Waals surface area contributed by atoms with Crippen LogP contribution in [0.3, 0.4) is 0 Å². The summed E-state index contributed by atoms with van der Waals surface area (Å²) < 4.78 is 5.08. The second kappa shape index (κ2) is 6.89. The number of nitrogens with two attached hydrogens (primary N) is 1. The number of ether oxygens (including phenoxy) is 1. The maximum Gasteiger partial charge on any atom is 0.319 e. The smallest absolute Gasteiger partial charge is 0.319 e. The fourth-order valence-corrected chi connectivity index (χ4v) is 1.42. The molecule has 0 aliphatic heterocycles. The van der Waals surface area contributed by atoms with E-state index in [2.05, 4.69) is 0 Å². The van der Waals surface area contributed by atoms with Crippen molar-refractivity contribution in [3.8, 4) is 0 Å². The summed E-state index contributed by atoms with van der Waals surface area (Å²) in [7, 11) is 0. The SMILES string of the molecule is NCC(=O)OC1CCCCC1.[Na]. The van der Waals surface area contributed by atoms with Gasteiger partial charge in [-0.15, -0.1) is 0 Å². The molecule has 0 spiro atoms. The first kappa shape index (κ1) is 12.4. The van der Waals surface area contributed by atoms with E-state index in [1.54, 1.807) is 0 Å². The molecule has 1 radical (unpaired) electrons. The van der Waals surface area contributed by atoms with Crippen molar-refractivity contribution >= 4 is 35.5 Å². The predicted molar refractivity (Wildman–Crippen MR) is 47.8 cm³/mol. The first-order valence-corrected chi connectivity index (χ1v) is 4.22. The first-order valence-electron chi connectivity index (χ1n) is 4.22. The number of hydrogen-bond donors (Lipinski definition) is 1. The Labute approximate surface area is 95.3 Å². The third-order valence-corrected chi connectivity index (χ3v) is 2.02. The van der Waals surface area contributed by atoms with Gasteiger partial charge in [0.1, 0.15) is 6.10 Å². The molecule has 1 aliphatic carbocycles. The second-order valence-corrected chi connectivity index (χ2v) is 2.95. The van der Waals surface area contributed by atoms with E-state index in [0.29, 0.717) is 0 Å². The molecule has 1 fully saturated rings. The van der Waals surface area contributed by atoms with E-state index in [1.807, 2.05) is 0 Å². The van der Waals surface area contributed by atoms with Crippen molar-refractivity contribution in [1.82, 2.24) is 0 Å². The van der Waals surface area contributed by atoms with E-state index in [1.165, 1.54) is 19.3 Å². The minimum Gasteiger partial charge on any atom is -0.461 e. The molecule has 0 aromatic rings. The summed E-state index contributed by atoms with van der Waals surface area (Å²) in [6, 6.07) is 0. The van der Waals surface area contributed by atoms with Crippen LogP contribution in [0.25, 0.3) is 0 Å². The zero-order valence-electron chi connectivity index (χ0n) is 7.71. The van der Waals surface area contributed by atoms with Crippen molar-refractivity contribution in [2.75, 3.05) is 6.54 Å². The molecule has 0 unspecified atom stereocenters. The van der Waals surface area contributed by atoms with Gasteiger partial charge in [0.15, 0.2) is 0 Å². The fraction of sp³-hybridized carbons (Fsp3) is 0.875. The molecule has 0 saturated heterocycles. The normalized spacial score (nSPS) is 18.1. The Kier molecular flexibility index (Phi) is 7.14. The molecule has 0 amide bonds. The van der Waals surface area contributed by atoms with Gasteiger partial charge in [-0.05, 0) is 25.7 Å². The molecule has 2 N–H and O–H groups in total. The molecule has 3 nitrogen and oxygen atoms in total. The molecule has 0 aromatic carbocycles. The number of rotatable bonds is 2. The zero-order valence-corrected chi connectivity index (χ0v) is 9.71. The topological polar surface area (TPSA) is 52.3 Å². The van der Waals surface area contributed by atoms with Crippen molar-refractivity contribution in [3.05, 3.63) is 0 Å². The average molecular weight is 180 g/mol. The molecule has 12 heavy (non-hydrogen) atoms. The molecule has 0 bridgehead atoms. The molecule has 1 saturated carbocycles. The summed E-state index contributed by atoms with van der Waals surface area (Å²) >= 11 is 0. The van der Waals surface area contributed by atoms with Gasteiger partial charge in [-0.1, -0.05) is 6.42 Å². The van der Waals surface area contributed by atoms with Crippen molar-refractivity contribution < 1.29 is 9.53 Å². The molecular weight excluding hydrogens is 165 g/mol. The van der Waals surface area contributed by atoms with Gasteiger partial charge in [0.05, 0.1) is 6.54 Å². The van der Waals surface area contributed by atoms with Gasteiger partial charge in [-0.3, -0.25) is 4.79 Å². The summed E-state index contributed by atoms with van der Waals surface area (Å²) in [6.45, 7) is 0.0104. The van der Waals surface area contributed by atoms with Crippen molar-refractivity contribution in [1.29, 1.82) is 0 Å². The van der Waals surface area contributed by atoms with Crippen LogP contribution in [-0.4, -0.2) is 48.2 Å². The van der Waals surface area contributed by atoms with E-state index in [0.717, 1.165) is 12.8 Å².